The summed E-state index contributed by atoms with van der Waals surface area (Å²) in [4.78, 5) is 22.1. The van der Waals surface area contributed by atoms with Crippen LogP contribution in [0, 0.1) is 5.92 Å². The van der Waals surface area contributed by atoms with Crippen molar-refractivity contribution in [2.75, 3.05) is 13.7 Å². The minimum atomic E-state index is -0.155. The summed E-state index contributed by atoms with van der Waals surface area (Å²) in [7, 11) is 1.40. The van der Waals surface area contributed by atoms with Crippen molar-refractivity contribution < 1.29 is 14.3 Å². The molecule has 1 rings (SSSR count). The van der Waals surface area contributed by atoms with Crippen molar-refractivity contribution in [2.45, 2.75) is 44.9 Å². The first-order chi connectivity index (χ1) is 7.72. The fourth-order valence-electron chi connectivity index (χ4n) is 1.56. The fourth-order valence-corrected chi connectivity index (χ4v) is 1.56. The minimum Gasteiger partial charge on any atom is -0.469 e. The number of esters is 1. The topological polar surface area (TPSA) is 55.4 Å². The van der Waals surface area contributed by atoms with Gasteiger partial charge in [0.15, 0.2) is 0 Å². The molecule has 0 radical (unpaired) electrons. The highest BCUT2D eigenvalue weighted by atomic mass is 16.5. The quantitative estimate of drug-likeness (QED) is 0.506. The third-order valence-electron chi connectivity index (χ3n) is 2.78. The highest BCUT2D eigenvalue weighted by molar-refractivity contribution is 5.76. The van der Waals surface area contributed by atoms with Crippen molar-refractivity contribution in [1.82, 2.24) is 5.32 Å². The minimum absolute atomic E-state index is 0.155. The average Bonchev–Trinajstić information content (AvgIpc) is 3.06. The van der Waals surface area contributed by atoms with Gasteiger partial charge in [-0.15, -0.1) is 0 Å². The number of methoxy groups -OCH3 is 1. The lowest BCUT2D eigenvalue weighted by Gasteiger charge is -2.04. The van der Waals surface area contributed by atoms with E-state index in [0.717, 1.165) is 25.8 Å². The summed E-state index contributed by atoms with van der Waals surface area (Å²) in [6, 6.07) is 0. The smallest absolute Gasteiger partial charge is 0.305 e. The Balaban J connectivity index is 1.83. The first kappa shape index (κ1) is 13.0. The highest BCUT2D eigenvalue weighted by Gasteiger charge is 2.23. The summed E-state index contributed by atoms with van der Waals surface area (Å²) in [5, 5.41) is 2.90. The Bertz CT molecular complexity index is 236. The van der Waals surface area contributed by atoms with Crippen LogP contribution in [0.15, 0.2) is 0 Å². The number of carbonyl (C=O) groups excluding carboxylic acids is 2. The molecule has 1 amide bonds. The molecule has 0 aromatic heterocycles. The van der Waals surface area contributed by atoms with Crippen molar-refractivity contribution in [3.8, 4) is 0 Å². The molecule has 0 atom stereocenters. The molecule has 0 saturated heterocycles. The lowest BCUT2D eigenvalue weighted by Crippen LogP contribution is -2.24. The van der Waals surface area contributed by atoms with E-state index >= 15 is 0 Å². The second kappa shape index (κ2) is 7.25. The van der Waals surface area contributed by atoms with E-state index in [1.807, 2.05) is 0 Å². The van der Waals surface area contributed by atoms with Crippen LogP contribution in [0.2, 0.25) is 0 Å². The molecule has 4 nitrogen and oxygen atoms in total. The third kappa shape index (κ3) is 6.43. The molecule has 16 heavy (non-hydrogen) atoms. The predicted octanol–water partition coefficient (Wildman–Crippen LogP) is 1.64. The molecule has 0 heterocycles. The molecule has 1 N–H and O–H groups in total. The molecular formula is C12H21NO3. The molecule has 0 aliphatic heterocycles. The lowest BCUT2D eigenvalue weighted by atomic mass is 10.2. The summed E-state index contributed by atoms with van der Waals surface area (Å²) >= 11 is 0. The number of hydrogen-bond acceptors (Lipinski definition) is 3. The van der Waals surface area contributed by atoms with Gasteiger partial charge in [-0.1, -0.05) is 6.42 Å². The van der Waals surface area contributed by atoms with Crippen molar-refractivity contribution in [2.24, 2.45) is 5.92 Å². The maximum absolute atomic E-state index is 11.3. The zero-order valence-corrected chi connectivity index (χ0v) is 9.96. The average molecular weight is 227 g/mol. The van der Waals surface area contributed by atoms with Crippen LogP contribution in [0.3, 0.4) is 0 Å². The van der Waals surface area contributed by atoms with Crippen LogP contribution in [0.5, 0.6) is 0 Å². The van der Waals surface area contributed by atoms with E-state index in [0.29, 0.717) is 18.8 Å². The number of rotatable bonds is 8. The van der Waals surface area contributed by atoms with Gasteiger partial charge in [0.2, 0.25) is 5.91 Å². The molecule has 0 bridgehead atoms. The van der Waals surface area contributed by atoms with Gasteiger partial charge in [0.1, 0.15) is 0 Å². The van der Waals surface area contributed by atoms with Gasteiger partial charge < -0.3 is 10.1 Å². The van der Waals surface area contributed by atoms with Crippen LogP contribution in [0.4, 0.5) is 0 Å². The van der Waals surface area contributed by atoms with Crippen molar-refractivity contribution in [3.63, 3.8) is 0 Å². The Labute approximate surface area is 96.7 Å². The van der Waals surface area contributed by atoms with Crippen LogP contribution in [0.1, 0.15) is 44.9 Å². The normalized spacial score (nSPS) is 14.6. The summed E-state index contributed by atoms with van der Waals surface area (Å²) < 4.78 is 4.54. The molecule has 1 aliphatic carbocycles. The number of amides is 1. The molecule has 1 aliphatic rings. The Kier molecular flexibility index (Phi) is 5.90. The van der Waals surface area contributed by atoms with Gasteiger partial charge in [-0.3, -0.25) is 9.59 Å². The third-order valence-corrected chi connectivity index (χ3v) is 2.78. The predicted molar refractivity (Wildman–Crippen MR) is 60.8 cm³/mol. The molecule has 92 valence electrons. The molecule has 0 aromatic carbocycles. The van der Waals surface area contributed by atoms with Crippen molar-refractivity contribution in [3.05, 3.63) is 0 Å². The Morgan fingerprint density at radius 1 is 1.25 bits per heavy atom. The number of hydrogen-bond donors (Lipinski definition) is 1. The van der Waals surface area contributed by atoms with Crippen LogP contribution in [-0.4, -0.2) is 25.5 Å². The second-order valence-electron chi connectivity index (χ2n) is 4.38. The van der Waals surface area contributed by atoms with Crippen LogP contribution >= 0.6 is 0 Å². The lowest BCUT2D eigenvalue weighted by molar-refractivity contribution is -0.140. The van der Waals surface area contributed by atoms with Gasteiger partial charge in [0.05, 0.1) is 7.11 Å². The molecule has 0 spiro atoms. The number of nitrogens with one attached hydrogen (secondary N) is 1. The SMILES string of the molecule is COC(=O)CCCCCNC(=O)CC1CC1. The van der Waals surface area contributed by atoms with E-state index in [-0.39, 0.29) is 11.9 Å². The van der Waals surface area contributed by atoms with E-state index in [2.05, 4.69) is 10.1 Å². The maximum atomic E-state index is 11.3. The van der Waals surface area contributed by atoms with Gasteiger partial charge in [0, 0.05) is 19.4 Å². The van der Waals surface area contributed by atoms with E-state index in [9.17, 15) is 9.59 Å². The summed E-state index contributed by atoms with van der Waals surface area (Å²) in [6.45, 7) is 0.729. The zero-order chi connectivity index (χ0) is 11.8. The first-order valence-electron chi connectivity index (χ1n) is 6.06. The molecule has 1 saturated carbocycles. The Morgan fingerprint density at radius 2 is 2.00 bits per heavy atom. The maximum Gasteiger partial charge on any atom is 0.305 e. The van der Waals surface area contributed by atoms with E-state index in [1.165, 1.54) is 20.0 Å². The summed E-state index contributed by atoms with van der Waals surface area (Å²) in [5.41, 5.74) is 0. The Hall–Kier alpha value is -1.06. The summed E-state index contributed by atoms with van der Waals surface area (Å²) in [6.07, 6.45) is 6.34. The van der Waals surface area contributed by atoms with E-state index in [1.54, 1.807) is 0 Å². The molecule has 0 unspecified atom stereocenters. The first-order valence-corrected chi connectivity index (χ1v) is 6.06. The van der Waals surface area contributed by atoms with Crippen LogP contribution < -0.4 is 5.32 Å². The number of carbonyl (C=O) groups is 2. The molecule has 4 heteroatoms. The van der Waals surface area contributed by atoms with Crippen LogP contribution in [-0.2, 0) is 14.3 Å². The van der Waals surface area contributed by atoms with Gasteiger partial charge in [0.25, 0.3) is 0 Å². The van der Waals surface area contributed by atoms with Crippen molar-refractivity contribution >= 4 is 11.9 Å². The summed E-state index contributed by atoms with van der Waals surface area (Å²) in [5.74, 6) is 0.674. The molecule has 1 fully saturated rings. The monoisotopic (exact) mass is 227 g/mol. The molecular weight excluding hydrogens is 206 g/mol. The van der Waals surface area contributed by atoms with Gasteiger partial charge in [-0.05, 0) is 31.6 Å². The van der Waals surface area contributed by atoms with Gasteiger partial charge >= 0.3 is 5.97 Å². The fraction of sp³-hybridized carbons (Fsp3) is 0.833. The van der Waals surface area contributed by atoms with E-state index < -0.39 is 0 Å². The zero-order valence-electron chi connectivity index (χ0n) is 9.96. The number of unbranched alkanes of at least 4 members (excludes halogenated alkanes) is 2. The highest BCUT2D eigenvalue weighted by Crippen LogP contribution is 2.31. The number of ether oxygens (including phenoxy) is 1. The van der Waals surface area contributed by atoms with Gasteiger partial charge in [-0.25, -0.2) is 0 Å². The van der Waals surface area contributed by atoms with Crippen molar-refractivity contribution in [1.29, 1.82) is 0 Å². The van der Waals surface area contributed by atoms with Gasteiger partial charge in [-0.2, -0.15) is 0 Å². The second-order valence-corrected chi connectivity index (χ2v) is 4.38. The Morgan fingerprint density at radius 3 is 2.62 bits per heavy atom. The van der Waals surface area contributed by atoms with E-state index in [4.69, 9.17) is 0 Å². The largest absolute Gasteiger partial charge is 0.469 e. The standard InChI is InChI=1S/C12H21NO3/c1-16-12(15)5-3-2-4-8-13-11(14)9-10-6-7-10/h10H,2-9H2,1H3,(H,13,14). The molecule has 0 aromatic rings. The van der Waals surface area contributed by atoms with Crippen LogP contribution in [0.25, 0.3) is 0 Å².